The first kappa shape index (κ1) is 11.4. The lowest BCUT2D eigenvalue weighted by Gasteiger charge is -2.16. The van der Waals surface area contributed by atoms with Crippen molar-refractivity contribution in [1.82, 2.24) is 14.9 Å². The number of aromatic nitrogens is 2. The minimum atomic E-state index is 0.465. The average molecular weight is 312 g/mol. The van der Waals surface area contributed by atoms with Crippen LogP contribution in [0.5, 0.6) is 0 Å². The fourth-order valence-corrected chi connectivity index (χ4v) is 3.70. The van der Waals surface area contributed by atoms with Crippen molar-refractivity contribution in [2.75, 3.05) is 13.6 Å². The molecule has 0 radical (unpaired) electrons. The Morgan fingerprint density at radius 2 is 2.41 bits per heavy atom. The number of thiophene rings is 1. The topological polar surface area (TPSA) is 31.9 Å². The molecule has 0 bridgehead atoms. The number of nitrogens with one attached hydrogen (secondary N) is 1. The molecule has 5 heteroatoms. The van der Waals surface area contributed by atoms with E-state index in [1.165, 1.54) is 24.3 Å². The molecule has 1 N–H and O–H groups in total. The highest BCUT2D eigenvalue weighted by atomic mass is 79.9. The van der Waals surface area contributed by atoms with Crippen molar-refractivity contribution in [1.29, 1.82) is 0 Å². The summed E-state index contributed by atoms with van der Waals surface area (Å²) < 4.78 is 1.15. The van der Waals surface area contributed by atoms with E-state index in [2.05, 4.69) is 50.0 Å². The van der Waals surface area contributed by atoms with Crippen molar-refractivity contribution in [3.05, 3.63) is 27.9 Å². The Balaban J connectivity index is 1.87. The van der Waals surface area contributed by atoms with Crippen LogP contribution in [0.2, 0.25) is 0 Å². The van der Waals surface area contributed by atoms with E-state index in [-0.39, 0.29) is 0 Å². The van der Waals surface area contributed by atoms with E-state index in [0.29, 0.717) is 6.04 Å². The lowest BCUT2D eigenvalue weighted by Crippen LogP contribution is -2.18. The van der Waals surface area contributed by atoms with E-state index in [9.17, 15) is 0 Å². The minimum Gasteiger partial charge on any atom is -0.340 e. The van der Waals surface area contributed by atoms with Gasteiger partial charge in [-0.15, -0.1) is 11.3 Å². The zero-order valence-corrected chi connectivity index (χ0v) is 12.0. The fraction of sp³-hybridized carbons (Fsp3) is 0.417. The summed E-state index contributed by atoms with van der Waals surface area (Å²) >= 11 is 5.22. The summed E-state index contributed by atoms with van der Waals surface area (Å²) in [4.78, 5) is 11.6. The van der Waals surface area contributed by atoms with Gasteiger partial charge in [-0.2, -0.15) is 0 Å². The molecule has 1 aliphatic heterocycles. The van der Waals surface area contributed by atoms with E-state index < -0.39 is 0 Å². The highest BCUT2D eigenvalue weighted by Gasteiger charge is 2.25. The maximum atomic E-state index is 4.53. The van der Waals surface area contributed by atoms with Crippen molar-refractivity contribution in [3.8, 4) is 10.6 Å². The molecule has 1 fully saturated rings. The summed E-state index contributed by atoms with van der Waals surface area (Å²) in [6.45, 7) is 1.17. The number of nitrogens with zero attached hydrogens (tertiary/aromatic N) is 2. The lowest BCUT2D eigenvalue weighted by atomic mass is 10.2. The molecule has 3 rings (SSSR count). The largest absolute Gasteiger partial charge is 0.340 e. The molecule has 0 unspecified atom stereocenters. The monoisotopic (exact) mass is 311 g/mol. The second kappa shape index (κ2) is 4.55. The minimum absolute atomic E-state index is 0.465. The normalized spacial score (nSPS) is 21.2. The van der Waals surface area contributed by atoms with Crippen LogP contribution < -0.4 is 0 Å². The van der Waals surface area contributed by atoms with Gasteiger partial charge in [-0.05, 0) is 54.5 Å². The first-order valence-corrected chi connectivity index (χ1v) is 7.36. The Hall–Kier alpha value is -0.650. The van der Waals surface area contributed by atoms with E-state index in [0.717, 1.165) is 15.3 Å². The van der Waals surface area contributed by atoms with Gasteiger partial charge in [-0.25, -0.2) is 4.98 Å². The highest BCUT2D eigenvalue weighted by molar-refractivity contribution is 9.11. The standard InChI is InChI=1S/C12H14BrN3S/c1-16-6-2-3-9(16)12-14-7-8(15-12)10-4-5-11(13)17-10/h4-5,7,9H,2-3,6H2,1H3,(H,14,15)/t9-/m1/s1. The summed E-state index contributed by atoms with van der Waals surface area (Å²) in [6.07, 6.45) is 4.42. The Kier molecular flexibility index (Phi) is 3.06. The van der Waals surface area contributed by atoms with E-state index in [4.69, 9.17) is 0 Å². The fourth-order valence-electron chi connectivity index (χ4n) is 2.35. The SMILES string of the molecule is CN1CCC[C@@H]1c1ncc(-c2ccc(Br)s2)[nH]1. The first-order chi connectivity index (χ1) is 8.24. The van der Waals surface area contributed by atoms with Gasteiger partial charge in [0.15, 0.2) is 0 Å². The number of aromatic amines is 1. The van der Waals surface area contributed by atoms with E-state index in [1.54, 1.807) is 11.3 Å². The third-order valence-electron chi connectivity index (χ3n) is 3.27. The summed E-state index contributed by atoms with van der Waals surface area (Å²) in [6, 6.07) is 4.65. The van der Waals surface area contributed by atoms with Crippen molar-refractivity contribution < 1.29 is 0 Å². The Bertz CT molecular complexity index is 519. The van der Waals surface area contributed by atoms with Gasteiger partial charge in [0.05, 0.1) is 26.6 Å². The molecular formula is C12H14BrN3S. The number of rotatable bonds is 2. The predicted octanol–water partition coefficient (Wildman–Crippen LogP) is 3.67. The average Bonchev–Trinajstić information content (AvgIpc) is 2.97. The van der Waals surface area contributed by atoms with Crippen molar-refractivity contribution >= 4 is 27.3 Å². The Morgan fingerprint density at radius 1 is 1.53 bits per heavy atom. The molecule has 1 aliphatic rings. The van der Waals surface area contributed by atoms with E-state index in [1.807, 2.05) is 6.20 Å². The zero-order chi connectivity index (χ0) is 11.8. The number of H-pyrrole nitrogens is 1. The van der Waals surface area contributed by atoms with Crippen LogP contribution in [0.1, 0.15) is 24.7 Å². The molecule has 0 amide bonds. The molecule has 90 valence electrons. The van der Waals surface area contributed by atoms with Crippen LogP contribution in [0.3, 0.4) is 0 Å². The second-order valence-electron chi connectivity index (χ2n) is 4.42. The van der Waals surface area contributed by atoms with Crippen LogP contribution in [0.25, 0.3) is 10.6 Å². The number of hydrogen-bond donors (Lipinski definition) is 1. The number of imidazole rings is 1. The molecule has 2 aromatic rings. The molecule has 0 saturated carbocycles. The third kappa shape index (κ3) is 2.19. The van der Waals surface area contributed by atoms with Gasteiger partial charge < -0.3 is 4.98 Å². The van der Waals surface area contributed by atoms with Crippen LogP contribution in [0.15, 0.2) is 22.1 Å². The lowest BCUT2D eigenvalue weighted by molar-refractivity contribution is 0.307. The Morgan fingerprint density at radius 3 is 3.06 bits per heavy atom. The van der Waals surface area contributed by atoms with Gasteiger partial charge in [0, 0.05) is 0 Å². The summed E-state index contributed by atoms with van der Waals surface area (Å²) in [5.74, 6) is 1.10. The van der Waals surface area contributed by atoms with Crippen molar-refractivity contribution in [2.45, 2.75) is 18.9 Å². The number of likely N-dealkylation sites (tertiary alicyclic amines) is 1. The van der Waals surface area contributed by atoms with Gasteiger partial charge in [-0.1, -0.05) is 0 Å². The molecule has 1 atom stereocenters. The number of hydrogen-bond acceptors (Lipinski definition) is 3. The zero-order valence-electron chi connectivity index (χ0n) is 9.61. The molecule has 17 heavy (non-hydrogen) atoms. The molecule has 0 aromatic carbocycles. The van der Waals surface area contributed by atoms with Crippen LogP contribution in [0, 0.1) is 0 Å². The van der Waals surface area contributed by atoms with Crippen LogP contribution in [0.4, 0.5) is 0 Å². The third-order valence-corrected chi connectivity index (χ3v) is 4.93. The van der Waals surface area contributed by atoms with E-state index >= 15 is 0 Å². The predicted molar refractivity (Wildman–Crippen MR) is 74.2 cm³/mol. The summed E-state index contributed by atoms with van der Waals surface area (Å²) in [7, 11) is 2.17. The van der Waals surface area contributed by atoms with Gasteiger partial charge in [0.1, 0.15) is 5.82 Å². The van der Waals surface area contributed by atoms with Gasteiger partial charge in [0.25, 0.3) is 0 Å². The summed E-state index contributed by atoms with van der Waals surface area (Å²) in [5, 5.41) is 0. The highest BCUT2D eigenvalue weighted by Crippen LogP contribution is 2.33. The molecule has 2 aromatic heterocycles. The van der Waals surface area contributed by atoms with Crippen LogP contribution in [-0.4, -0.2) is 28.5 Å². The maximum Gasteiger partial charge on any atom is 0.123 e. The quantitative estimate of drug-likeness (QED) is 0.917. The molecule has 3 heterocycles. The smallest absolute Gasteiger partial charge is 0.123 e. The van der Waals surface area contributed by atoms with Crippen molar-refractivity contribution in [3.63, 3.8) is 0 Å². The van der Waals surface area contributed by atoms with Crippen LogP contribution in [-0.2, 0) is 0 Å². The summed E-state index contributed by atoms with van der Waals surface area (Å²) in [5.41, 5.74) is 1.12. The maximum absolute atomic E-state index is 4.53. The van der Waals surface area contributed by atoms with Crippen molar-refractivity contribution in [2.24, 2.45) is 0 Å². The van der Waals surface area contributed by atoms with Gasteiger partial charge >= 0.3 is 0 Å². The molecule has 0 aliphatic carbocycles. The van der Waals surface area contributed by atoms with Crippen LogP contribution >= 0.6 is 27.3 Å². The molecule has 3 nitrogen and oxygen atoms in total. The van der Waals surface area contributed by atoms with Gasteiger partial charge in [0.2, 0.25) is 0 Å². The molecule has 0 spiro atoms. The Labute approximate surface area is 113 Å². The molecule has 1 saturated heterocycles. The number of halogens is 1. The van der Waals surface area contributed by atoms with Gasteiger partial charge in [-0.3, -0.25) is 4.90 Å². The first-order valence-electron chi connectivity index (χ1n) is 5.75. The molecular weight excluding hydrogens is 298 g/mol. The second-order valence-corrected chi connectivity index (χ2v) is 6.89.